The lowest BCUT2D eigenvalue weighted by molar-refractivity contribution is -0.157. The summed E-state index contributed by atoms with van der Waals surface area (Å²) >= 11 is 0. The van der Waals surface area contributed by atoms with Crippen molar-refractivity contribution in [2.24, 2.45) is 5.73 Å². The summed E-state index contributed by atoms with van der Waals surface area (Å²) in [6.45, 7) is 3.75. The fourth-order valence-corrected chi connectivity index (χ4v) is 1.67. The SMILES string of the molecule is CCOC(=O)C(NC(=O)c1ccc(CN)cc1)C(=O)OCC. The van der Waals surface area contributed by atoms with Crippen LogP contribution in [0, 0.1) is 0 Å². The maximum absolute atomic E-state index is 12.1. The van der Waals surface area contributed by atoms with Gasteiger partial charge >= 0.3 is 11.9 Å². The first-order chi connectivity index (χ1) is 10.5. The Hall–Kier alpha value is -2.41. The third-order valence-electron chi connectivity index (χ3n) is 2.77. The number of nitrogens with one attached hydrogen (secondary N) is 1. The predicted octanol–water partition coefficient (Wildman–Crippen LogP) is 0.370. The molecule has 1 amide bonds. The van der Waals surface area contributed by atoms with Gasteiger partial charge < -0.3 is 20.5 Å². The van der Waals surface area contributed by atoms with Crippen LogP contribution in [0.15, 0.2) is 24.3 Å². The van der Waals surface area contributed by atoms with Crippen LogP contribution in [0.4, 0.5) is 0 Å². The van der Waals surface area contributed by atoms with Gasteiger partial charge in [0, 0.05) is 12.1 Å². The number of hydrogen-bond donors (Lipinski definition) is 2. The van der Waals surface area contributed by atoms with Gasteiger partial charge in [-0.05, 0) is 31.5 Å². The quantitative estimate of drug-likeness (QED) is 0.556. The minimum atomic E-state index is -1.48. The molecule has 0 unspecified atom stereocenters. The first-order valence-corrected chi connectivity index (χ1v) is 6.96. The Morgan fingerprint density at radius 1 is 1.05 bits per heavy atom. The van der Waals surface area contributed by atoms with Crippen LogP contribution in [0.25, 0.3) is 0 Å². The van der Waals surface area contributed by atoms with E-state index in [-0.39, 0.29) is 13.2 Å². The zero-order valence-electron chi connectivity index (χ0n) is 12.6. The summed E-state index contributed by atoms with van der Waals surface area (Å²) in [7, 11) is 0. The van der Waals surface area contributed by atoms with E-state index >= 15 is 0 Å². The number of esters is 2. The highest BCUT2D eigenvalue weighted by Crippen LogP contribution is 2.05. The van der Waals surface area contributed by atoms with Crippen LogP contribution in [0.3, 0.4) is 0 Å². The molecule has 0 aliphatic carbocycles. The first-order valence-electron chi connectivity index (χ1n) is 6.96. The third kappa shape index (κ3) is 4.85. The number of nitrogens with two attached hydrogens (primary N) is 1. The minimum Gasteiger partial charge on any atom is -0.464 e. The molecule has 0 heterocycles. The highest BCUT2D eigenvalue weighted by Gasteiger charge is 2.31. The smallest absolute Gasteiger partial charge is 0.340 e. The van der Waals surface area contributed by atoms with Crippen LogP contribution in [0.2, 0.25) is 0 Å². The van der Waals surface area contributed by atoms with Gasteiger partial charge in [0.25, 0.3) is 5.91 Å². The molecule has 7 nitrogen and oxygen atoms in total. The van der Waals surface area contributed by atoms with Crippen molar-refractivity contribution in [3.8, 4) is 0 Å². The van der Waals surface area contributed by atoms with Gasteiger partial charge in [-0.15, -0.1) is 0 Å². The monoisotopic (exact) mass is 308 g/mol. The molecule has 3 N–H and O–H groups in total. The summed E-state index contributed by atoms with van der Waals surface area (Å²) in [6.07, 6.45) is 0. The molecule has 0 aliphatic heterocycles. The van der Waals surface area contributed by atoms with Crippen LogP contribution >= 0.6 is 0 Å². The topological polar surface area (TPSA) is 108 Å². The van der Waals surface area contributed by atoms with Crippen molar-refractivity contribution in [2.45, 2.75) is 26.4 Å². The van der Waals surface area contributed by atoms with Crippen molar-refractivity contribution in [1.29, 1.82) is 0 Å². The van der Waals surface area contributed by atoms with Crippen molar-refractivity contribution in [2.75, 3.05) is 13.2 Å². The van der Waals surface area contributed by atoms with Gasteiger partial charge in [-0.25, -0.2) is 9.59 Å². The Kier molecular flexibility index (Phi) is 7.04. The predicted molar refractivity (Wildman–Crippen MR) is 78.9 cm³/mol. The molecule has 0 aromatic heterocycles. The Morgan fingerprint density at radius 3 is 1.95 bits per heavy atom. The molecule has 0 spiro atoms. The van der Waals surface area contributed by atoms with Crippen molar-refractivity contribution in [3.63, 3.8) is 0 Å². The molecule has 22 heavy (non-hydrogen) atoms. The molecule has 0 fully saturated rings. The van der Waals surface area contributed by atoms with Gasteiger partial charge in [-0.3, -0.25) is 4.79 Å². The maximum atomic E-state index is 12.1. The van der Waals surface area contributed by atoms with E-state index in [4.69, 9.17) is 15.2 Å². The number of amides is 1. The van der Waals surface area contributed by atoms with E-state index in [0.29, 0.717) is 12.1 Å². The molecule has 0 bridgehead atoms. The van der Waals surface area contributed by atoms with Gasteiger partial charge in [0.05, 0.1) is 13.2 Å². The van der Waals surface area contributed by atoms with Crippen LogP contribution in [0.5, 0.6) is 0 Å². The summed E-state index contributed by atoms with van der Waals surface area (Å²) in [4.78, 5) is 35.7. The van der Waals surface area contributed by atoms with E-state index in [1.807, 2.05) is 0 Å². The number of carbonyl (C=O) groups excluding carboxylic acids is 3. The van der Waals surface area contributed by atoms with Crippen LogP contribution < -0.4 is 11.1 Å². The number of benzene rings is 1. The first kappa shape index (κ1) is 17.6. The molecular formula is C15H20N2O5. The standard InChI is InChI=1S/C15H20N2O5/c1-3-21-14(19)12(15(20)22-4-2)17-13(18)11-7-5-10(9-16)6-8-11/h5-8,12H,3-4,9,16H2,1-2H3,(H,17,18). The molecule has 0 atom stereocenters. The van der Waals surface area contributed by atoms with E-state index in [2.05, 4.69) is 5.32 Å². The fraction of sp³-hybridized carbons (Fsp3) is 0.400. The fourth-order valence-electron chi connectivity index (χ4n) is 1.67. The minimum absolute atomic E-state index is 0.0931. The van der Waals surface area contributed by atoms with Crippen LogP contribution in [0.1, 0.15) is 29.8 Å². The second-order valence-electron chi connectivity index (χ2n) is 4.31. The molecule has 1 rings (SSSR count). The van der Waals surface area contributed by atoms with E-state index in [0.717, 1.165) is 5.56 Å². The van der Waals surface area contributed by atoms with Gasteiger partial charge in [-0.2, -0.15) is 0 Å². The highest BCUT2D eigenvalue weighted by molar-refractivity contribution is 6.05. The summed E-state index contributed by atoms with van der Waals surface area (Å²) in [5, 5.41) is 2.32. The van der Waals surface area contributed by atoms with Gasteiger partial charge in [0.2, 0.25) is 6.04 Å². The Labute approximate surface area is 128 Å². The summed E-state index contributed by atoms with van der Waals surface area (Å²) in [5.74, 6) is -2.28. The molecule has 0 saturated carbocycles. The zero-order chi connectivity index (χ0) is 16.5. The third-order valence-corrected chi connectivity index (χ3v) is 2.77. The summed E-state index contributed by atoms with van der Waals surface area (Å²) in [6, 6.07) is 5.02. The average Bonchev–Trinajstić information content (AvgIpc) is 2.52. The lowest BCUT2D eigenvalue weighted by Crippen LogP contribution is -2.48. The Balaban J connectivity index is 2.84. The molecule has 0 radical (unpaired) electrons. The van der Waals surface area contributed by atoms with Gasteiger partial charge in [0.15, 0.2) is 0 Å². The Bertz CT molecular complexity index is 509. The molecule has 0 saturated heterocycles. The summed E-state index contributed by atoms with van der Waals surface area (Å²) < 4.78 is 9.55. The molecule has 7 heteroatoms. The Morgan fingerprint density at radius 2 is 1.55 bits per heavy atom. The van der Waals surface area contributed by atoms with Crippen molar-refractivity contribution < 1.29 is 23.9 Å². The second kappa shape index (κ2) is 8.78. The molecule has 120 valence electrons. The van der Waals surface area contributed by atoms with Crippen LogP contribution in [-0.4, -0.2) is 37.1 Å². The highest BCUT2D eigenvalue weighted by atomic mass is 16.6. The van der Waals surface area contributed by atoms with Crippen molar-refractivity contribution >= 4 is 17.8 Å². The molecular weight excluding hydrogens is 288 g/mol. The zero-order valence-corrected chi connectivity index (χ0v) is 12.6. The molecule has 1 aromatic carbocycles. The van der Waals surface area contributed by atoms with Crippen molar-refractivity contribution in [1.82, 2.24) is 5.32 Å². The molecule has 1 aromatic rings. The number of hydrogen-bond acceptors (Lipinski definition) is 6. The van der Waals surface area contributed by atoms with E-state index in [9.17, 15) is 14.4 Å². The molecule has 0 aliphatic rings. The van der Waals surface area contributed by atoms with E-state index in [1.165, 1.54) is 0 Å². The van der Waals surface area contributed by atoms with E-state index in [1.54, 1.807) is 38.1 Å². The lowest BCUT2D eigenvalue weighted by Gasteiger charge is -2.16. The second-order valence-corrected chi connectivity index (χ2v) is 4.31. The number of ether oxygens (including phenoxy) is 2. The van der Waals surface area contributed by atoms with Gasteiger partial charge in [0.1, 0.15) is 0 Å². The largest absolute Gasteiger partial charge is 0.464 e. The van der Waals surface area contributed by atoms with Gasteiger partial charge in [-0.1, -0.05) is 12.1 Å². The summed E-state index contributed by atoms with van der Waals surface area (Å²) in [5.41, 5.74) is 6.65. The maximum Gasteiger partial charge on any atom is 0.340 e. The van der Waals surface area contributed by atoms with Crippen molar-refractivity contribution in [3.05, 3.63) is 35.4 Å². The van der Waals surface area contributed by atoms with Crippen LogP contribution in [-0.2, 0) is 25.6 Å². The number of rotatable bonds is 7. The normalized spacial score (nSPS) is 10.2. The van der Waals surface area contributed by atoms with E-state index < -0.39 is 23.9 Å². The lowest BCUT2D eigenvalue weighted by atomic mass is 10.1. The number of carbonyl (C=O) groups is 3. The average molecular weight is 308 g/mol.